The summed E-state index contributed by atoms with van der Waals surface area (Å²) >= 11 is 0. The molecule has 2 N–H and O–H groups in total. The molecule has 1 unspecified atom stereocenters. The number of hydrogen-bond donors (Lipinski definition) is 1. The minimum atomic E-state index is 0.266. The van der Waals surface area contributed by atoms with E-state index in [2.05, 4.69) is 9.80 Å². The number of nitrogens with zero attached hydrogens (tertiary/aromatic N) is 2. The molecule has 114 valence electrons. The first-order chi connectivity index (χ1) is 9.72. The van der Waals surface area contributed by atoms with E-state index >= 15 is 0 Å². The molecule has 0 spiro atoms. The quantitative estimate of drug-likeness (QED) is 0.847. The molecule has 4 nitrogen and oxygen atoms in total. The van der Waals surface area contributed by atoms with Gasteiger partial charge in [0, 0.05) is 32.1 Å². The van der Waals surface area contributed by atoms with Crippen molar-refractivity contribution in [3.05, 3.63) is 0 Å². The predicted octanol–water partition coefficient (Wildman–Crippen LogP) is 1.45. The van der Waals surface area contributed by atoms with Crippen LogP contribution >= 0.6 is 0 Å². The van der Waals surface area contributed by atoms with Gasteiger partial charge in [-0.15, -0.1) is 0 Å². The number of carbonyl (C=O) groups excluding carboxylic acids is 1. The number of likely N-dealkylation sites (tertiary alicyclic amines) is 2. The second kappa shape index (κ2) is 6.44. The van der Waals surface area contributed by atoms with E-state index in [4.69, 9.17) is 5.73 Å². The van der Waals surface area contributed by atoms with E-state index < -0.39 is 0 Å². The van der Waals surface area contributed by atoms with Gasteiger partial charge < -0.3 is 15.5 Å². The van der Waals surface area contributed by atoms with Gasteiger partial charge in [-0.1, -0.05) is 6.42 Å². The predicted molar refractivity (Wildman–Crippen MR) is 80.3 cm³/mol. The fraction of sp³-hybridized carbons (Fsp3) is 0.938. The van der Waals surface area contributed by atoms with E-state index in [9.17, 15) is 4.79 Å². The molecule has 2 heterocycles. The topological polar surface area (TPSA) is 49.6 Å². The molecule has 3 aliphatic rings. The third-order valence-electron chi connectivity index (χ3n) is 5.51. The molecule has 1 amide bonds. The summed E-state index contributed by atoms with van der Waals surface area (Å²) in [5.41, 5.74) is 6.08. The van der Waals surface area contributed by atoms with Gasteiger partial charge in [0.2, 0.25) is 5.91 Å². The molecule has 20 heavy (non-hydrogen) atoms. The standard InChI is InChI=1S/C16H29N3O/c17-15-5-3-4-14(15)10-16(20)19-9-6-13(12-19)11-18-7-1-2-8-18/h13-15H,1-12,17H2/t13?,14-,15+/m0/s1. The maximum absolute atomic E-state index is 12.4. The lowest BCUT2D eigenvalue weighted by Crippen LogP contribution is -2.35. The molecule has 4 heteroatoms. The van der Waals surface area contributed by atoms with E-state index in [1.807, 2.05) is 0 Å². The summed E-state index contributed by atoms with van der Waals surface area (Å²) in [6.45, 7) is 5.69. The fourth-order valence-corrected chi connectivity index (χ4v) is 4.21. The Morgan fingerprint density at radius 2 is 1.85 bits per heavy atom. The molecular weight excluding hydrogens is 250 g/mol. The summed E-state index contributed by atoms with van der Waals surface area (Å²) in [5, 5.41) is 0. The van der Waals surface area contributed by atoms with Gasteiger partial charge in [-0.25, -0.2) is 0 Å². The van der Waals surface area contributed by atoms with Crippen LogP contribution in [0.3, 0.4) is 0 Å². The number of carbonyl (C=O) groups is 1. The van der Waals surface area contributed by atoms with Crippen LogP contribution in [0, 0.1) is 11.8 Å². The lowest BCUT2D eigenvalue weighted by atomic mass is 9.99. The van der Waals surface area contributed by atoms with Crippen LogP contribution in [-0.2, 0) is 4.79 Å². The largest absolute Gasteiger partial charge is 0.342 e. The van der Waals surface area contributed by atoms with Crippen LogP contribution in [0.15, 0.2) is 0 Å². The van der Waals surface area contributed by atoms with Crippen molar-refractivity contribution < 1.29 is 4.79 Å². The van der Waals surface area contributed by atoms with Crippen molar-refractivity contribution >= 4 is 5.91 Å². The zero-order valence-electron chi connectivity index (χ0n) is 12.6. The Bertz CT molecular complexity index is 341. The van der Waals surface area contributed by atoms with Gasteiger partial charge in [0.15, 0.2) is 0 Å². The van der Waals surface area contributed by atoms with Crippen molar-refractivity contribution in [3.63, 3.8) is 0 Å². The van der Waals surface area contributed by atoms with E-state index in [0.29, 0.717) is 24.2 Å². The zero-order valence-corrected chi connectivity index (χ0v) is 12.6. The van der Waals surface area contributed by atoms with Gasteiger partial charge in [0.1, 0.15) is 0 Å². The third kappa shape index (κ3) is 3.34. The van der Waals surface area contributed by atoms with E-state index in [0.717, 1.165) is 25.9 Å². The molecule has 1 saturated carbocycles. The molecule has 0 aromatic rings. The number of amides is 1. The second-order valence-electron chi connectivity index (χ2n) is 7.06. The Morgan fingerprint density at radius 1 is 1.05 bits per heavy atom. The average molecular weight is 279 g/mol. The van der Waals surface area contributed by atoms with Crippen molar-refractivity contribution in [2.45, 2.75) is 51.0 Å². The highest BCUT2D eigenvalue weighted by Gasteiger charge is 2.32. The van der Waals surface area contributed by atoms with Crippen LogP contribution in [0.1, 0.15) is 44.9 Å². The first kappa shape index (κ1) is 14.3. The van der Waals surface area contributed by atoms with E-state index in [-0.39, 0.29) is 6.04 Å². The minimum absolute atomic E-state index is 0.266. The highest BCUT2D eigenvalue weighted by molar-refractivity contribution is 5.76. The van der Waals surface area contributed by atoms with Crippen molar-refractivity contribution in [1.29, 1.82) is 0 Å². The maximum atomic E-state index is 12.4. The molecule has 3 fully saturated rings. The van der Waals surface area contributed by atoms with E-state index in [1.165, 1.54) is 45.3 Å². The molecule has 0 bridgehead atoms. The Hall–Kier alpha value is -0.610. The van der Waals surface area contributed by atoms with Gasteiger partial charge in [-0.3, -0.25) is 4.79 Å². The molecule has 0 aromatic heterocycles. The van der Waals surface area contributed by atoms with Gasteiger partial charge in [-0.2, -0.15) is 0 Å². The van der Waals surface area contributed by atoms with Crippen molar-refractivity contribution in [2.75, 3.05) is 32.7 Å². The third-order valence-corrected chi connectivity index (χ3v) is 5.51. The zero-order chi connectivity index (χ0) is 13.9. The van der Waals surface area contributed by atoms with Crippen LogP contribution in [-0.4, -0.2) is 54.5 Å². The molecular formula is C16H29N3O. The fourth-order valence-electron chi connectivity index (χ4n) is 4.21. The molecule has 3 rings (SSSR count). The Kier molecular flexibility index (Phi) is 4.61. The molecule has 3 atom stereocenters. The highest BCUT2D eigenvalue weighted by atomic mass is 16.2. The van der Waals surface area contributed by atoms with Crippen molar-refractivity contribution in [2.24, 2.45) is 17.6 Å². The smallest absolute Gasteiger partial charge is 0.222 e. The Morgan fingerprint density at radius 3 is 2.55 bits per heavy atom. The molecule has 2 saturated heterocycles. The van der Waals surface area contributed by atoms with Crippen molar-refractivity contribution in [1.82, 2.24) is 9.80 Å². The lowest BCUT2D eigenvalue weighted by Gasteiger charge is -2.22. The molecule has 1 aliphatic carbocycles. The number of rotatable bonds is 4. The van der Waals surface area contributed by atoms with E-state index in [1.54, 1.807) is 0 Å². The first-order valence-electron chi connectivity index (χ1n) is 8.48. The van der Waals surface area contributed by atoms with Gasteiger partial charge in [-0.05, 0) is 57.0 Å². The van der Waals surface area contributed by atoms with Crippen LogP contribution in [0.2, 0.25) is 0 Å². The summed E-state index contributed by atoms with van der Waals surface area (Å²) < 4.78 is 0. The van der Waals surface area contributed by atoms with Crippen molar-refractivity contribution in [3.8, 4) is 0 Å². The Balaban J connectivity index is 1.43. The summed E-state index contributed by atoms with van der Waals surface area (Å²) in [5.74, 6) is 1.51. The summed E-state index contributed by atoms with van der Waals surface area (Å²) in [7, 11) is 0. The normalized spacial score (nSPS) is 35.0. The summed E-state index contributed by atoms with van der Waals surface area (Å²) in [4.78, 5) is 17.1. The first-order valence-corrected chi connectivity index (χ1v) is 8.48. The van der Waals surface area contributed by atoms with Crippen LogP contribution in [0.5, 0.6) is 0 Å². The Labute approximate surface area is 122 Å². The van der Waals surface area contributed by atoms with Gasteiger partial charge in [0.25, 0.3) is 0 Å². The highest BCUT2D eigenvalue weighted by Crippen LogP contribution is 2.28. The maximum Gasteiger partial charge on any atom is 0.222 e. The van der Waals surface area contributed by atoms with Gasteiger partial charge >= 0.3 is 0 Å². The minimum Gasteiger partial charge on any atom is -0.342 e. The lowest BCUT2D eigenvalue weighted by molar-refractivity contribution is -0.131. The van der Waals surface area contributed by atoms with Crippen LogP contribution < -0.4 is 5.73 Å². The number of nitrogens with two attached hydrogens (primary N) is 1. The molecule has 2 aliphatic heterocycles. The monoisotopic (exact) mass is 279 g/mol. The SMILES string of the molecule is N[C@@H]1CCC[C@H]1CC(=O)N1CCC(CN2CCCC2)C1. The second-order valence-corrected chi connectivity index (χ2v) is 7.06. The number of hydrogen-bond acceptors (Lipinski definition) is 3. The summed E-state index contributed by atoms with van der Waals surface area (Å²) in [6.07, 6.45) is 8.06. The molecule has 0 aromatic carbocycles. The van der Waals surface area contributed by atoms with Crippen LogP contribution in [0.4, 0.5) is 0 Å². The molecule has 0 radical (unpaired) electrons. The average Bonchev–Trinajstić information content (AvgIpc) is 3.14. The van der Waals surface area contributed by atoms with Gasteiger partial charge in [0.05, 0.1) is 0 Å². The van der Waals surface area contributed by atoms with Crippen LogP contribution in [0.25, 0.3) is 0 Å². The summed E-state index contributed by atoms with van der Waals surface area (Å²) in [6, 6.07) is 0.266.